The second kappa shape index (κ2) is 7.87. The van der Waals surface area contributed by atoms with Crippen molar-refractivity contribution >= 4 is 5.96 Å². The number of para-hydroxylation sites is 1. The van der Waals surface area contributed by atoms with Crippen molar-refractivity contribution in [2.24, 2.45) is 16.3 Å². The lowest BCUT2D eigenvalue weighted by molar-refractivity contribution is 0.152. The molecule has 0 unspecified atom stereocenters. The first-order valence-electron chi connectivity index (χ1n) is 10.1. The highest BCUT2D eigenvalue weighted by Gasteiger charge is 2.53. The summed E-state index contributed by atoms with van der Waals surface area (Å²) in [5.74, 6) is 3.05. The molecule has 1 aromatic carbocycles. The fourth-order valence-electron chi connectivity index (χ4n) is 4.17. The van der Waals surface area contributed by atoms with Crippen molar-refractivity contribution in [1.82, 2.24) is 15.1 Å². The molecule has 1 N–H and O–H groups in total. The van der Waals surface area contributed by atoms with Crippen molar-refractivity contribution in [3.05, 3.63) is 30.3 Å². The van der Waals surface area contributed by atoms with Crippen LogP contribution >= 0.6 is 0 Å². The second-order valence-corrected chi connectivity index (χ2v) is 8.03. The number of nitrogens with zero attached hydrogens (tertiary/aromatic N) is 3. The maximum atomic E-state index is 5.82. The van der Waals surface area contributed by atoms with E-state index < -0.39 is 0 Å². The monoisotopic (exact) mass is 356 g/mol. The topological polar surface area (TPSA) is 40.1 Å². The maximum Gasteiger partial charge on any atom is 0.193 e. The molecule has 1 saturated heterocycles. The van der Waals surface area contributed by atoms with E-state index in [-0.39, 0.29) is 0 Å². The van der Waals surface area contributed by atoms with Crippen LogP contribution in [0.25, 0.3) is 0 Å². The third-order valence-corrected chi connectivity index (χ3v) is 6.24. The molecular weight excluding hydrogens is 324 g/mol. The summed E-state index contributed by atoms with van der Waals surface area (Å²) in [5.41, 5.74) is 0.618. The Morgan fingerprint density at radius 1 is 1.15 bits per heavy atom. The zero-order valence-electron chi connectivity index (χ0n) is 16.0. The first-order valence-corrected chi connectivity index (χ1v) is 10.1. The Bertz CT molecular complexity index is 602. The average Bonchev–Trinajstić information content (AvgIpc) is 3.57. The van der Waals surface area contributed by atoms with Crippen molar-refractivity contribution < 1.29 is 4.74 Å². The molecule has 1 aliphatic heterocycles. The molecule has 0 atom stereocenters. The van der Waals surface area contributed by atoms with Crippen LogP contribution in [-0.4, -0.2) is 68.7 Å². The van der Waals surface area contributed by atoms with Gasteiger partial charge >= 0.3 is 0 Å². The number of aliphatic imine (C=N–C) groups is 1. The molecule has 142 valence electrons. The van der Waals surface area contributed by atoms with Gasteiger partial charge < -0.3 is 15.0 Å². The fraction of sp³-hybridized carbons (Fsp3) is 0.667. The Balaban J connectivity index is 1.16. The van der Waals surface area contributed by atoms with Crippen LogP contribution in [0.1, 0.15) is 25.7 Å². The summed E-state index contributed by atoms with van der Waals surface area (Å²) in [6.45, 7) is 7.10. The number of hydrogen-bond donors (Lipinski definition) is 1. The number of ether oxygens (including phenoxy) is 1. The number of hydrogen-bond acceptors (Lipinski definition) is 3. The predicted octanol–water partition coefficient (Wildman–Crippen LogP) is 2.45. The van der Waals surface area contributed by atoms with E-state index in [1.165, 1.54) is 25.7 Å². The van der Waals surface area contributed by atoms with Crippen LogP contribution in [-0.2, 0) is 0 Å². The van der Waals surface area contributed by atoms with Gasteiger partial charge in [0.15, 0.2) is 5.96 Å². The molecule has 4 rings (SSSR count). The van der Waals surface area contributed by atoms with Crippen LogP contribution < -0.4 is 10.1 Å². The second-order valence-electron chi connectivity index (χ2n) is 8.03. The Morgan fingerprint density at radius 3 is 2.50 bits per heavy atom. The Kier molecular flexibility index (Phi) is 5.34. The van der Waals surface area contributed by atoms with Gasteiger partial charge in [-0.25, -0.2) is 0 Å². The predicted molar refractivity (Wildman–Crippen MR) is 106 cm³/mol. The summed E-state index contributed by atoms with van der Waals surface area (Å²) in [6, 6.07) is 10.1. The van der Waals surface area contributed by atoms with Crippen molar-refractivity contribution in [3.63, 3.8) is 0 Å². The number of guanidine groups is 1. The molecule has 2 aliphatic carbocycles. The summed E-state index contributed by atoms with van der Waals surface area (Å²) in [7, 11) is 1.92. The molecule has 3 aliphatic rings. The third-order valence-electron chi connectivity index (χ3n) is 6.24. The SMILES string of the molecule is CN=C(NCC1(C2CC2)CC1)N1CCN(CCOc2ccccc2)CC1. The van der Waals surface area contributed by atoms with Gasteiger partial charge in [-0.15, -0.1) is 0 Å². The fourth-order valence-corrected chi connectivity index (χ4v) is 4.17. The first kappa shape index (κ1) is 17.7. The van der Waals surface area contributed by atoms with E-state index in [0.29, 0.717) is 5.41 Å². The Morgan fingerprint density at radius 2 is 1.88 bits per heavy atom. The van der Waals surface area contributed by atoms with Crippen LogP contribution in [0.4, 0.5) is 0 Å². The largest absolute Gasteiger partial charge is 0.492 e. The molecule has 1 heterocycles. The summed E-state index contributed by atoms with van der Waals surface area (Å²) in [6.07, 6.45) is 5.72. The minimum Gasteiger partial charge on any atom is -0.492 e. The molecule has 0 radical (unpaired) electrons. The van der Waals surface area contributed by atoms with Gasteiger partial charge in [-0.05, 0) is 49.1 Å². The highest BCUT2D eigenvalue weighted by Crippen LogP contribution is 2.60. The van der Waals surface area contributed by atoms with Crippen molar-refractivity contribution in [2.75, 3.05) is 52.9 Å². The molecule has 2 saturated carbocycles. The van der Waals surface area contributed by atoms with Crippen molar-refractivity contribution in [1.29, 1.82) is 0 Å². The molecule has 1 aromatic rings. The maximum absolute atomic E-state index is 5.82. The van der Waals surface area contributed by atoms with E-state index in [4.69, 9.17) is 4.74 Å². The lowest BCUT2D eigenvalue weighted by Gasteiger charge is -2.36. The number of rotatable bonds is 7. The van der Waals surface area contributed by atoms with Gasteiger partial charge in [0.1, 0.15) is 12.4 Å². The van der Waals surface area contributed by atoms with Crippen LogP contribution in [0.2, 0.25) is 0 Å². The van der Waals surface area contributed by atoms with Crippen LogP contribution in [0.5, 0.6) is 5.75 Å². The molecule has 3 fully saturated rings. The quantitative estimate of drug-likeness (QED) is 0.602. The minimum absolute atomic E-state index is 0.618. The third kappa shape index (κ3) is 4.32. The van der Waals surface area contributed by atoms with Gasteiger partial charge in [0.2, 0.25) is 0 Å². The normalized spacial score (nSPS) is 23.0. The van der Waals surface area contributed by atoms with E-state index >= 15 is 0 Å². The highest BCUT2D eigenvalue weighted by molar-refractivity contribution is 5.80. The number of piperazine rings is 1. The number of benzene rings is 1. The number of nitrogens with one attached hydrogen (secondary N) is 1. The standard InChI is InChI=1S/C21H32N4O/c1-22-20(23-17-21(9-10-21)18-7-8-18)25-13-11-24(12-14-25)15-16-26-19-5-3-2-4-6-19/h2-6,18H,7-17H2,1H3,(H,22,23). The van der Waals surface area contributed by atoms with Gasteiger partial charge in [0, 0.05) is 46.3 Å². The zero-order valence-corrected chi connectivity index (χ0v) is 16.0. The molecule has 26 heavy (non-hydrogen) atoms. The molecule has 0 bridgehead atoms. The summed E-state index contributed by atoms with van der Waals surface area (Å²) in [4.78, 5) is 9.44. The Hall–Kier alpha value is -1.75. The molecular formula is C21H32N4O. The van der Waals surface area contributed by atoms with Gasteiger partial charge in [-0.2, -0.15) is 0 Å². The van der Waals surface area contributed by atoms with Gasteiger partial charge in [0.05, 0.1) is 0 Å². The van der Waals surface area contributed by atoms with E-state index in [1.807, 2.05) is 37.4 Å². The van der Waals surface area contributed by atoms with E-state index in [1.54, 1.807) is 0 Å². The van der Waals surface area contributed by atoms with Crippen molar-refractivity contribution in [2.45, 2.75) is 25.7 Å². The Labute approximate surface area is 157 Å². The summed E-state index contributed by atoms with van der Waals surface area (Å²) < 4.78 is 5.82. The molecule has 0 spiro atoms. The highest BCUT2D eigenvalue weighted by atomic mass is 16.5. The molecule has 5 heteroatoms. The lowest BCUT2D eigenvalue weighted by atomic mass is 10.0. The van der Waals surface area contributed by atoms with Crippen LogP contribution in [0.15, 0.2) is 35.3 Å². The lowest BCUT2D eigenvalue weighted by Crippen LogP contribution is -2.53. The zero-order chi connectivity index (χ0) is 17.8. The van der Waals surface area contributed by atoms with E-state index in [2.05, 4.69) is 20.1 Å². The summed E-state index contributed by atoms with van der Waals surface area (Å²) >= 11 is 0. The average molecular weight is 357 g/mol. The molecule has 5 nitrogen and oxygen atoms in total. The van der Waals surface area contributed by atoms with Crippen LogP contribution in [0, 0.1) is 11.3 Å². The first-order chi connectivity index (χ1) is 12.8. The van der Waals surface area contributed by atoms with Crippen LogP contribution in [0.3, 0.4) is 0 Å². The molecule has 0 aromatic heterocycles. The molecule has 0 amide bonds. The van der Waals surface area contributed by atoms with E-state index in [9.17, 15) is 0 Å². The van der Waals surface area contributed by atoms with Crippen molar-refractivity contribution in [3.8, 4) is 5.75 Å². The van der Waals surface area contributed by atoms with Gasteiger partial charge in [0.25, 0.3) is 0 Å². The summed E-state index contributed by atoms with van der Waals surface area (Å²) in [5, 5.41) is 3.68. The van der Waals surface area contributed by atoms with Gasteiger partial charge in [-0.3, -0.25) is 9.89 Å². The van der Waals surface area contributed by atoms with Gasteiger partial charge in [-0.1, -0.05) is 18.2 Å². The smallest absolute Gasteiger partial charge is 0.193 e. The minimum atomic E-state index is 0.618. The van der Waals surface area contributed by atoms with E-state index in [0.717, 1.165) is 63.5 Å².